The largest absolute Gasteiger partial charge is 0.368 e. The fourth-order valence-corrected chi connectivity index (χ4v) is 1.71. The van der Waals surface area contributed by atoms with Crippen molar-refractivity contribution in [1.29, 1.82) is 0 Å². The molecule has 3 N–H and O–H groups in total. The van der Waals surface area contributed by atoms with Crippen molar-refractivity contribution in [3.8, 4) is 0 Å². The van der Waals surface area contributed by atoms with E-state index in [9.17, 15) is 4.79 Å². The van der Waals surface area contributed by atoms with E-state index in [2.05, 4.69) is 20.3 Å². The zero-order valence-electron chi connectivity index (χ0n) is 12.6. The summed E-state index contributed by atoms with van der Waals surface area (Å²) in [6, 6.07) is 0. The van der Waals surface area contributed by atoms with E-state index in [1.807, 2.05) is 25.7 Å². The third-order valence-corrected chi connectivity index (χ3v) is 2.73. The van der Waals surface area contributed by atoms with E-state index in [4.69, 9.17) is 5.73 Å². The van der Waals surface area contributed by atoms with E-state index in [0.29, 0.717) is 24.4 Å². The number of nitrogens with zero attached hydrogens (tertiary/aromatic N) is 5. The van der Waals surface area contributed by atoms with Gasteiger partial charge in [0.2, 0.25) is 23.8 Å². The van der Waals surface area contributed by atoms with Gasteiger partial charge >= 0.3 is 0 Å². The first-order chi connectivity index (χ1) is 9.51. The summed E-state index contributed by atoms with van der Waals surface area (Å²) in [7, 11) is 1.72. The van der Waals surface area contributed by atoms with Gasteiger partial charge in [-0.05, 0) is 20.8 Å². The third-order valence-electron chi connectivity index (χ3n) is 2.73. The average Bonchev–Trinajstić information content (AvgIpc) is 2.39. The maximum Gasteiger partial charge on any atom is 0.237 e. The molecule has 0 saturated carbocycles. The van der Waals surface area contributed by atoms with Gasteiger partial charge in [0, 0.05) is 26.7 Å². The number of hydrogen-bond donors (Lipinski definition) is 2. The molecule has 0 aromatic carbocycles. The molecule has 1 aromatic heterocycles. The van der Waals surface area contributed by atoms with Gasteiger partial charge < -0.3 is 20.9 Å². The van der Waals surface area contributed by atoms with Crippen molar-refractivity contribution in [2.24, 2.45) is 5.73 Å². The monoisotopic (exact) mass is 281 g/mol. The van der Waals surface area contributed by atoms with E-state index in [1.165, 1.54) is 0 Å². The van der Waals surface area contributed by atoms with Gasteiger partial charge in [0.1, 0.15) is 0 Å². The van der Waals surface area contributed by atoms with Crippen LogP contribution >= 0.6 is 0 Å². The minimum Gasteiger partial charge on any atom is -0.368 e. The molecule has 1 rings (SSSR count). The number of carbonyl (C=O) groups excluding carboxylic acids is 1. The number of aromatic nitrogens is 3. The molecule has 0 atom stereocenters. The standard InChI is InChI=1S/C12H23N7O/c1-5-14-10-15-11(18(4)8-9(13)20)17-12(16-10)19(6-2)7-3/h5-8H2,1-4H3,(H2,13,20)(H,14,15,16,17). The Kier molecular flexibility index (Phi) is 5.95. The maximum absolute atomic E-state index is 11.0. The Labute approximate surface area is 119 Å². The van der Waals surface area contributed by atoms with E-state index < -0.39 is 5.91 Å². The Bertz CT molecular complexity index is 447. The molecule has 0 radical (unpaired) electrons. The molecular formula is C12H23N7O. The summed E-state index contributed by atoms with van der Waals surface area (Å²) in [5, 5.41) is 3.07. The number of primary amides is 1. The van der Waals surface area contributed by atoms with E-state index in [-0.39, 0.29) is 6.54 Å². The smallest absolute Gasteiger partial charge is 0.237 e. The molecule has 1 aromatic rings. The first-order valence-electron chi connectivity index (χ1n) is 6.76. The van der Waals surface area contributed by atoms with Crippen LogP contribution in [-0.4, -0.2) is 54.1 Å². The van der Waals surface area contributed by atoms with Gasteiger partial charge in [0.05, 0.1) is 6.54 Å². The van der Waals surface area contributed by atoms with Crippen LogP contribution < -0.4 is 20.9 Å². The molecule has 8 heteroatoms. The lowest BCUT2D eigenvalue weighted by molar-refractivity contribution is -0.116. The zero-order chi connectivity index (χ0) is 15.1. The normalized spacial score (nSPS) is 10.2. The van der Waals surface area contributed by atoms with Crippen LogP contribution in [0.25, 0.3) is 0 Å². The molecule has 0 fully saturated rings. The predicted molar refractivity (Wildman–Crippen MR) is 80.0 cm³/mol. The molecule has 0 unspecified atom stereocenters. The van der Waals surface area contributed by atoms with Crippen molar-refractivity contribution >= 4 is 23.8 Å². The van der Waals surface area contributed by atoms with Crippen molar-refractivity contribution in [3.63, 3.8) is 0 Å². The lowest BCUT2D eigenvalue weighted by Crippen LogP contribution is -2.33. The Balaban J connectivity index is 3.12. The SMILES string of the molecule is CCNc1nc(N(C)CC(N)=O)nc(N(CC)CC)n1. The molecule has 0 saturated heterocycles. The van der Waals surface area contributed by atoms with E-state index in [1.54, 1.807) is 11.9 Å². The molecule has 0 aliphatic rings. The van der Waals surface area contributed by atoms with E-state index in [0.717, 1.165) is 13.1 Å². The van der Waals surface area contributed by atoms with Crippen molar-refractivity contribution in [1.82, 2.24) is 15.0 Å². The molecular weight excluding hydrogens is 258 g/mol. The summed E-state index contributed by atoms with van der Waals surface area (Å²) in [5.74, 6) is 1.09. The summed E-state index contributed by atoms with van der Waals surface area (Å²) in [6.07, 6.45) is 0. The summed E-state index contributed by atoms with van der Waals surface area (Å²) in [4.78, 5) is 27.7. The highest BCUT2D eigenvalue weighted by Crippen LogP contribution is 2.15. The molecule has 0 spiro atoms. The fraction of sp³-hybridized carbons (Fsp3) is 0.667. The quantitative estimate of drug-likeness (QED) is 0.695. The van der Waals surface area contributed by atoms with Crippen molar-refractivity contribution < 1.29 is 4.79 Å². The van der Waals surface area contributed by atoms with E-state index >= 15 is 0 Å². The van der Waals surface area contributed by atoms with Gasteiger partial charge in [0.15, 0.2) is 0 Å². The lowest BCUT2D eigenvalue weighted by atomic mass is 10.5. The molecule has 8 nitrogen and oxygen atoms in total. The highest BCUT2D eigenvalue weighted by atomic mass is 16.1. The van der Waals surface area contributed by atoms with Crippen LogP contribution in [0.4, 0.5) is 17.8 Å². The molecule has 1 heterocycles. The lowest BCUT2D eigenvalue weighted by Gasteiger charge is -2.22. The zero-order valence-corrected chi connectivity index (χ0v) is 12.6. The van der Waals surface area contributed by atoms with Crippen LogP contribution in [0.1, 0.15) is 20.8 Å². The van der Waals surface area contributed by atoms with Crippen LogP contribution in [0.15, 0.2) is 0 Å². The Morgan fingerprint density at radius 3 is 2.25 bits per heavy atom. The van der Waals surface area contributed by atoms with Gasteiger partial charge in [-0.1, -0.05) is 0 Å². The van der Waals surface area contributed by atoms with Crippen molar-refractivity contribution in [2.75, 3.05) is 48.3 Å². The Morgan fingerprint density at radius 2 is 1.75 bits per heavy atom. The number of rotatable bonds is 8. The molecule has 0 aliphatic carbocycles. The van der Waals surface area contributed by atoms with Gasteiger partial charge in [-0.25, -0.2) is 0 Å². The second-order valence-electron chi connectivity index (χ2n) is 4.28. The second kappa shape index (κ2) is 7.46. The molecule has 112 valence electrons. The minimum atomic E-state index is -0.428. The van der Waals surface area contributed by atoms with Gasteiger partial charge in [-0.2, -0.15) is 15.0 Å². The number of hydrogen-bond acceptors (Lipinski definition) is 7. The topological polar surface area (TPSA) is 100 Å². The average molecular weight is 281 g/mol. The number of anilines is 3. The number of carbonyl (C=O) groups is 1. The number of nitrogens with two attached hydrogens (primary N) is 1. The van der Waals surface area contributed by atoms with Crippen molar-refractivity contribution in [3.05, 3.63) is 0 Å². The fourth-order valence-electron chi connectivity index (χ4n) is 1.71. The highest BCUT2D eigenvalue weighted by molar-refractivity contribution is 5.78. The van der Waals surface area contributed by atoms with Crippen LogP contribution in [0, 0.1) is 0 Å². The number of nitrogens with one attached hydrogen (secondary N) is 1. The molecule has 20 heavy (non-hydrogen) atoms. The molecule has 0 aliphatic heterocycles. The van der Waals surface area contributed by atoms with Crippen LogP contribution in [0.3, 0.4) is 0 Å². The predicted octanol–water partition coefficient (Wildman–Crippen LogP) is 0.0711. The van der Waals surface area contributed by atoms with Gasteiger partial charge in [-0.3, -0.25) is 4.79 Å². The molecule has 0 bridgehead atoms. The number of amides is 1. The van der Waals surface area contributed by atoms with Crippen molar-refractivity contribution in [2.45, 2.75) is 20.8 Å². The third kappa shape index (κ3) is 4.22. The van der Waals surface area contributed by atoms with Crippen LogP contribution in [0.5, 0.6) is 0 Å². The Hall–Kier alpha value is -2.12. The first kappa shape index (κ1) is 15.9. The first-order valence-corrected chi connectivity index (χ1v) is 6.76. The van der Waals surface area contributed by atoms with Gasteiger partial charge in [0.25, 0.3) is 0 Å². The second-order valence-corrected chi connectivity index (χ2v) is 4.28. The number of likely N-dealkylation sites (N-methyl/N-ethyl adjacent to an activating group) is 1. The van der Waals surface area contributed by atoms with Crippen LogP contribution in [0.2, 0.25) is 0 Å². The Morgan fingerprint density at radius 1 is 1.15 bits per heavy atom. The van der Waals surface area contributed by atoms with Gasteiger partial charge in [-0.15, -0.1) is 0 Å². The minimum absolute atomic E-state index is 0.0628. The summed E-state index contributed by atoms with van der Waals surface area (Å²) >= 11 is 0. The highest BCUT2D eigenvalue weighted by Gasteiger charge is 2.14. The summed E-state index contributed by atoms with van der Waals surface area (Å²) in [5.41, 5.74) is 5.20. The summed E-state index contributed by atoms with van der Waals surface area (Å²) < 4.78 is 0. The van der Waals surface area contributed by atoms with Crippen LogP contribution in [-0.2, 0) is 4.79 Å². The maximum atomic E-state index is 11.0. The molecule has 1 amide bonds. The summed E-state index contributed by atoms with van der Waals surface area (Å²) in [6.45, 7) is 8.40.